The van der Waals surface area contributed by atoms with Gasteiger partial charge in [0.25, 0.3) is 5.91 Å². The minimum Gasteiger partial charge on any atom is -0.378 e. The number of primary amides is 1. The van der Waals surface area contributed by atoms with Gasteiger partial charge in [0.1, 0.15) is 0 Å². The lowest BCUT2D eigenvalue weighted by atomic mass is 10.1. The average Bonchev–Trinajstić information content (AvgIpc) is 2.04. The first-order chi connectivity index (χ1) is 5.63. The molecule has 0 spiro atoms. The number of aliphatic hydroxyl groups excluding tert-OH is 1. The van der Waals surface area contributed by atoms with Gasteiger partial charge in [0.05, 0.1) is 0 Å². The Balaban J connectivity index is 0.00000144. The summed E-state index contributed by atoms with van der Waals surface area (Å²) in [7, 11) is 0. The van der Waals surface area contributed by atoms with Crippen LogP contribution in [0.5, 0.6) is 0 Å². The van der Waals surface area contributed by atoms with Crippen LogP contribution in [0.2, 0.25) is 5.02 Å². The molecule has 0 radical (unpaired) electrons. The predicted molar refractivity (Wildman–Crippen MR) is 52.9 cm³/mol. The number of rotatable bonds is 2. The highest BCUT2D eigenvalue weighted by Gasteiger charge is 2.15. The Morgan fingerprint density at radius 1 is 1.46 bits per heavy atom. The zero-order chi connectivity index (χ0) is 9.14. The van der Waals surface area contributed by atoms with Crippen LogP contribution in [-0.4, -0.2) is 11.0 Å². The molecule has 1 unspecified atom stereocenters. The summed E-state index contributed by atoms with van der Waals surface area (Å²) in [4.78, 5) is 10.6. The van der Waals surface area contributed by atoms with Crippen LogP contribution in [0.3, 0.4) is 0 Å². The molecule has 72 valence electrons. The molecule has 1 aromatic rings. The molecule has 0 heterocycles. The Morgan fingerprint density at radius 2 is 2.00 bits per heavy atom. The number of hydrogen-bond acceptors (Lipinski definition) is 2. The van der Waals surface area contributed by atoms with Gasteiger partial charge in [0.2, 0.25) is 0 Å². The molecule has 0 bridgehead atoms. The van der Waals surface area contributed by atoms with Crippen LogP contribution in [0, 0.1) is 0 Å². The molecule has 5 heteroatoms. The van der Waals surface area contributed by atoms with Crippen molar-refractivity contribution in [3.05, 3.63) is 34.9 Å². The van der Waals surface area contributed by atoms with Crippen molar-refractivity contribution < 1.29 is 9.90 Å². The molecule has 13 heavy (non-hydrogen) atoms. The Morgan fingerprint density at radius 3 is 2.46 bits per heavy atom. The van der Waals surface area contributed by atoms with E-state index in [-0.39, 0.29) is 12.4 Å². The van der Waals surface area contributed by atoms with E-state index in [2.05, 4.69) is 0 Å². The third kappa shape index (κ3) is 2.88. The third-order valence-corrected chi connectivity index (χ3v) is 1.81. The van der Waals surface area contributed by atoms with Crippen LogP contribution in [-0.2, 0) is 4.79 Å². The van der Waals surface area contributed by atoms with Gasteiger partial charge < -0.3 is 10.8 Å². The van der Waals surface area contributed by atoms with E-state index in [0.29, 0.717) is 10.6 Å². The first-order valence-electron chi connectivity index (χ1n) is 3.34. The van der Waals surface area contributed by atoms with Crippen LogP contribution in [0.15, 0.2) is 24.3 Å². The van der Waals surface area contributed by atoms with Crippen molar-refractivity contribution in [2.24, 2.45) is 5.73 Å². The van der Waals surface area contributed by atoms with E-state index in [4.69, 9.17) is 17.3 Å². The highest BCUT2D eigenvalue weighted by Crippen LogP contribution is 2.21. The molecule has 1 rings (SSSR count). The predicted octanol–water partition coefficient (Wildman–Crippen LogP) is 1.28. The molecule has 1 atom stereocenters. The summed E-state index contributed by atoms with van der Waals surface area (Å²) in [6.45, 7) is 0. The summed E-state index contributed by atoms with van der Waals surface area (Å²) in [6, 6.07) is 6.52. The number of amides is 1. The van der Waals surface area contributed by atoms with Gasteiger partial charge in [-0.2, -0.15) is 0 Å². The largest absolute Gasteiger partial charge is 0.378 e. The van der Waals surface area contributed by atoms with Crippen molar-refractivity contribution in [3.8, 4) is 0 Å². The summed E-state index contributed by atoms with van der Waals surface area (Å²) in [6.07, 6.45) is -1.32. The number of hydrogen-bond donors (Lipinski definition) is 2. The molecule has 0 fully saturated rings. The molecule has 1 amide bonds. The summed E-state index contributed by atoms with van der Waals surface area (Å²) >= 11 is 5.70. The van der Waals surface area contributed by atoms with Gasteiger partial charge in [-0.05, 0) is 6.07 Å². The maximum absolute atomic E-state index is 10.6. The van der Waals surface area contributed by atoms with Crippen molar-refractivity contribution in [1.29, 1.82) is 0 Å². The lowest BCUT2D eigenvalue weighted by Gasteiger charge is -2.07. The quantitative estimate of drug-likeness (QED) is 0.791. The van der Waals surface area contributed by atoms with Gasteiger partial charge in [-0.25, -0.2) is 0 Å². The molecule has 0 aliphatic carbocycles. The summed E-state index contributed by atoms with van der Waals surface area (Å²) in [5, 5.41) is 9.56. The fourth-order valence-electron chi connectivity index (χ4n) is 0.850. The Kier molecular flexibility index (Phi) is 4.77. The van der Waals surface area contributed by atoms with Crippen molar-refractivity contribution in [2.75, 3.05) is 0 Å². The number of carbonyl (C=O) groups is 1. The molecule has 3 nitrogen and oxygen atoms in total. The molecular formula is C8H9Cl2NO2. The highest BCUT2D eigenvalue weighted by atomic mass is 35.5. The van der Waals surface area contributed by atoms with Crippen LogP contribution in [0.25, 0.3) is 0 Å². The monoisotopic (exact) mass is 221 g/mol. The van der Waals surface area contributed by atoms with Gasteiger partial charge in [0, 0.05) is 10.6 Å². The molecule has 0 aliphatic heterocycles. The fraction of sp³-hybridized carbons (Fsp3) is 0.125. The maximum atomic E-state index is 10.6. The fourth-order valence-corrected chi connectivity index (χ4v) is 1.09. The molecule has 3 N–H and O–H groups in total. The second-order valence-corrected chi connectivity index (χ2v) is 2.73. The first kappa shape index (κ1) is 12.2. The number of benzene rings is 1. The number of aliphatic hydroxyl groups is 1. The molecule has 0 aromatic heterocycles. The Bertz CT molecular complexity index is 304. The topological polar surface area (TPSA) is 63.3 Å². The summed E-state index contributed by atoms with van der Waals surface area (Å²) in [5.41, 5.74) is 5.23. The van der Waals surface area contributed by atoms with Crippen LogP contribution >= 0.6 is 24.0 Å². The van der Waals surface area contributed by atoms with Crippen LogP contribution < -0.4 is 5.73 Å². The second kappa shape index (κ2) is 5.07. The van der Waals surface area contributed by atoms with E-state index in [1.807, 2.05) is 0 Å². The smallest absolute Gasteiger partial charge is 0.250 e. The van der Waals surface area contributed by atoms with E-state index in [1.54, 1.807) is 24.3 Å². The van der Waals surface area contributed by atoms with E-state index in [1.165, 1.54) is 0 Å². The standard InChI is InChI=1S/C8H8ClNO2.ClH/c9-6-4-2-1-3-5(6)7(11)8(10)12;/h1-4,7,11H,(H2,10,12);1H. The maximum Gasteiger partial charge on any atom is 0.250 e. The minimum absolute atomic E-state index is 0. The normalized spacial score (nSPS) is 11.5. The number of nitrogens with two attached hydrogens (primary N) is 1. The number of carbonyl (C=O) groups excluding carboxylic acids is 1. The van der Waals surface area contributed by atoms with Gasteiger partial charge >= 0.3 is 0 Å². The lowest BCUT2D eigenvalue weighted by Crippen LogP contribution is -2.21. The zero-order valence-corrected chi connectivity index (χ0v) is 8.18. The van der Waals surface area contributed by atoms with Gasteiger partial charge in [-0.1, -0.05) is 29.8 Å². The lowest BCUT2D eigenvalue weighted by molar-refractivity contribution is -0.126. The third-order valence-electron chi connectivity index (χ3n) is 1.47. The molecule has 0 aliphatic rings. The van der Waals surface area contributed by atoms with E-state index in [0.717, 1.165) is 0 Å². The number of halogens is 2. The van der Waals surface area contributed by atoms with Gasteiger partial charge in [0.15, 0.2) is 6.10 Å². The van der Waals surface area contributed by atoms with E-state index < -0.39 is 12.0 Å². The van der Waals surface area contributed by atoms with Crippen molar-refractivity contribution >= 4 is 29.9 Å². The van der Waals surface area contributed by atoms with E-state index >= 15 is 0 Å². The van der Waals surface area contributed by atoms with Gasteiger partial charge in [-0.15, -0.1) is 12.4 Å². The Labute approximate surface area is 86.9 Å². The molecule has 1 aromatic carbocycles. The average molecular weight is 222 g/mol. The molecule has 0 saturated heterocycles. The second-order valence-electron chi connectivity index (χ2n) is 2.33. The van der Waals surface area contributed by atoms with Crippen molar-refractivity contribution in [2.45, 2.75) is 6.10 Å². The van der Waals surface area contributed by atoms with Crippen molar-refractivity contribution in [3.63, 3.8) is 0 Å². The van der Waals surface area contributed by atoms with E-state index in [9.17, 15) is 9.90 Å². The van der Waals surface area contributed by atoms with Crippen LogP contribution in [0.1, 0.15) is 11.7 Å². The summed E-state index contributed by atoms with van der Waals surface area (Å²) < 4.78 is 0. The summed E-state index contributed by atoms with van der Waals surface area (Å²) in [5.74, 6) is -0.803. The first-order valence-corrected chi connectivity index (χ1v) is 3.72. The highest BCUT2D eigenvalue weighted by molar-refractivity contribution is 6.31. The van der Waals surface area contributed by atoms with Gasteiger partial charge in [-0.3, -0.25) is 4.79 Å². The Hall–Kier alpha value is -0.770. The molecule has 0 saturated carbocycles. The SMILES string of the molecule is Cl.NC(=O)C(O)c1ccccc1Cl. The van der Waals surface area contributed by atoms with Crippen molar-refractivity contribution in [1.82, 2.24) is 0 Å². The minimum atomic E-state index is -1.32. The van der Waals surface area contributed by atoms with Crippen LogP contribution in [0.4, 0.5) is 0 Å². The molecular weight excluding hydrogens is 213 g/mol. The zero-order valence-electron chi connectivity index (χ0n) is 6.61.